The molecule has 1 heterocycles. The molecule has 27 heavy (non-hydrogen) atoms. The lowest BCUT2D eigenvalue weighted by Crippen LogP contribution is -2.36. The van der Waals surface area contributed by atoms with Crippen LogP contribution in [0.2, 0.25) is 0 Å². The van der Waals surface area contributed by atoms with Crippen LogP contribution in [0.4, 0.5) is 8.78 Å². The Kier molecular flexibility index (Phi) is 7.07. The van der Waals surface area contributed by atoms with Gasteiger partial charge in [-0.15, -0.1) is 11.3 Å². The van der Waals surface area contributed by atoms with Crippen LogP contribution >= 0.6 is 11.3 Å². The molecule has 0 fully saturated rings. The van der Waals surface area contributed by atoms with E-state index in [1.807, 2.05) is 17.5 Å². The molecule has 0 saturated carbocycles. The van der Waals surface area contributed by atoms with Gasteiger partial charge < -0.3 is 10.6 Å². The van der Waals surface area contributed by atoms with Crippen LogP contribution in [0.15, 0.2) is 35.7 Å². The second kappa shape index (κ2) is 9.08. The van der Waals surface area contributed by atoms with E-state index in [-0.39, 0.29) is 35.9 Å². The molecule has 1 unspecified atom stereocenters. The zero-order valence-corrected chi connectivity index (χ0v) is 16.5. The maximum Gasteiger partial charge on any atom is 0.254 e. The van der Waals surface area contributed by atoms with Crippen LogP contribution in [-0.2, 0) is 4.79 Å². The maximum atomic E-state index is 13.6. The van der Waals surface area contributed by atoms with Crippen molar-refractivity contribution < 1.29 is 18.4 Å². The van der Waals surface area contributed by atoms with Gasteiger partial charge in [-0.1, -0.05) is 26.8 Å². The number of rotatable bonds is 7. The van der Waals surface area contributed by atoms with Crippen molar-refractivity contribution >= 4 is 23.2 Å². The van der Waals surface area contributed by atoms with E-state index in [0.29, 0.717) is 12.5 Å². The van der Waals surface area contributed by atoms with Gasteiger partial charge in [0.1, 0.15) is 11.6 Å². The Morgan fingerprint density at radius 3 is 2.52 bits per heavy atom. The van der Waals surface area contributed by atoms with Crippen LogP contribution in [-0.4, -0.2) is 18.4 Å². The Morgan fingerprint density at radius 1 is 1.19 bits per heavy atom. The molecule has 0 aliphatic heterocycles. The Morgan fingerprint density at radius 2 is 1.93 bits per heavy atom. The molecule has 2 N–H and O–H groups in total. The van der Waals surface area contributed by atoms with E-state index in [9.17, 15) is 18.4 Å². The molecule has 146 valence electrons. The van der Waals surface area contributed by atoms with Crippen LogP contribution in [0.5, 0.6) is 0 Å². The number of benzene rings is 1. The summed E-state index contributed by atoms with van der Waals surface area (Å²) in [6.07, 6.45) is 0.659. The molecule has 0 radical (unpaired) electrons. The molecule has 2 rings (SSSR count). The molecule has 0 saturated heterocycles. The molecule has 1 atom stereocenters. The highest BCUT2D eigenvalue weighted by molar-refractivity contribution is 7.10. The van der Waals surface area contributed by atoms with Gasteiger partial charge in [0.25, 0.3) is 5.91 Å². The fourth-order valence-electron chi connectivity index (χ4n) is 2.62. The third-order valence-corrected chi connectivity index (χ3v) is 4.98. The second-order valence-corrected chi connectivity index (χ2v) is 8.34. The lowest BCUT2D eigenvalue weighted by Gasteiger charge is -2.30. The van der Waals surface area contributed by atoms with Crippen LogP contribution in [0.3, 0.4) is 0 Å². The number of thiophene rings is 1. The molecule has 0 bridgehead atoms. The third kappa shape index (κ3) is 6.13. The van der Waals surface area contributed by atoms with Crippen molar-refractivity contribution in [1.82, 2.24) is 10.6 Å². The van der Waals surface area contributed by atoms with Gasteiger partial charge in [-0.2, -0.15) is 0 Å². The topological polar surface area (TPSA) is 58.2 Å². The smallest absolute Gasteiger partial charge is 0.254 e. The third-order valence-electron chi connectivity index (χ3n) is 4.04. The van der Waals surface area contributed by atoms with Gasteiger partial charge in [-0.25, -0.2) is 8.78 Å². The molecule has 2 amide bonds. The predicted molar refractivity (Wildman–Crippen MR) is 103 cm³/mol. The quantitative estimate of drug-likeness (QED) is 0.682. The molecule has 0 aliphatic rings. The predicted octanol–water partition coefficient (Wildman–Crippen LogP) is 4.44. The van der Waals surface area contributed by atoms with E-state index < -0.39 is 17.5 Å². The fourth-order valence-corrected chi connectivity index (χ4v) is 3.64. The minimum Gasteiger partial charge on any atom is -0.352 e. The average molecular weight is 394 g/mol. The van der Waals surface area contributed by atoms with Gasteiger partial charge >= 0.3 is 0 Å². The summed E-state index contributed by atoms with van der Waals surface area (Å²) in [5.74, 6) is -2.38. The number of carbonyl (C=O) groups is 2. The number of halogens is 2. The standard InChI is InChI=1S/C20H24F2N2O2S/c1-20(2,3)18(16-6-5-11-27-16)24-17(25)7-4-10-23-19(26)14-9-8-13(21)12-15(14)22/h5-6,8-9,11-12,18H,4,7,10H2,1-3H3,(H,23,26)(H,24,25). The molecule has 1 aromatic heterocycles. The van der Waals surface area contributed by atoms with Gasteiger partial charge in [0.15, 0.2) is 0 Å². The van der Waals surface area contributed by atoms with Crippen LogP contribution in [0, 0.1) is 17.0 Å². The second-order valence-electron chi connectivity index (χ2n) is 7.37. The molecule has 4 nitrogen and oxygen atoms in total. The molecule has 2 aromatic rings. The Balaban J connectivity index is 1.81. The lowest BCUT2D eigenvalue weighted by atomic mass is 9.85. The molecule has 1 aromatic carbocycles. The molecule has 7 heteroatoms. The van der Waals surface area contributed by atoms with Crippen molar-refractivity contribution in [2.45, 2.75) is 39.7 Å². The van der Waals surface area contributed by atoms with Crippen molar-refractivity contribution in [2.24, 2.45) is 5.41 Å². The SMILES string of the molecule is CC(C)(C)C(NC(=O)CCCNC(=O)c1ccc(F)cc1F)c1cccs1. The summed E-state index contributed by atoms with van der Waals surface area (Å²) in [4.78, 5) is 25.3. The summed E-state index contributed by atoms with van der Waals surface area (Å²) < 4.78 is 26.4. The van der Waals surface area contributed by atoms with Crippen LogP contribution in [0.25, 0.3) is 0 Å². The highest BCUT2D eigenvalue weighted by Crippen LogP contribution is 2.35. The highest BCUT2D eigenvalue weighted by Gasteiger charge is 2.28. The van der Waals surface area contributed by atoms with Crippen molar-refractivity contribution in [3.05, 3.63) is 57.8 Å². The first kappa shape index (κ1) is 21.0. The van der Waals surface area contributed by atoms with Crippen molar-refractivity contribution in [3.8, 4) is 0 Å². The summed E-state index contributed by atoms with van der Waals surface area (Å²) in [6, 6.07) is 6.66. The van der Waals surface area contributed by atoms with Crippen LogP contribution < -0.4 is 10.6 Å². The maximum absolute atomic E-state index is 13.6. The average Bonchev–Trinajstić information content (AvgIpc) is 3.09. The highest BCUT2D eigenvalue weighted by atomic mass is 32.1. The van der Waals surface area contributed by atoms with Crippen LogP contribution in [0.1, 0.15) is 54.9 Å². The number of hydrogen-bond donors (Lipinski definition) is 2. The van der Waals surface area contributed by atoms with E-state index in [1.165, 1.54) is 0 Å². The number of carbonyl (C=O) groups excluding carboxylic acids is 2. The first-order chi connectivity index (χ1) is 12.7. The van der Waals surface area contributed by atoms with Gasteiger partial charge in [-0.05, 0) is 35.4 Å². The zero-order chi connectivity index (χ0) is 20.0. The number of amides is 2. The normalized spacial score (nSPS) is 12.5. The summed E-state index contributed by atoms with van der Waals surface area (Å²) >= 11 is 1.60. The van der Waals surface area contributed by atoms with Gasteiger partial charge in [0.05, 0.1) is 11.6 Å². The van der Waals surface area contributed by atoms with Crippen molar-refractivity contribution in [2.75, 3.05) is 6.54 Å². The summed E-state index contributed by atoms with van der Waals surface area (Å²) in [5, 5.41) is 7.57. The summed E-state index contributed by atoms with van der Waals surface area (Å²) in [6.45, 7) is 6.42. The van der Waals surface area contributed by atoms with Gasteiger partial charge in [0, 0.05) is 23.9 Å². The molecule has 0 aliphatic carbocycles. The summed E-state index contributed by atoms with van der Waals surface area (Å²) in [7, 11) is 0. The molecule has 0 spiro atoms. The first-order valence-electron chi connectivity index (χ1n) is 8.74. The van der Waals surface area contributed by atoms with Crippen molar-refractivity contribution in [3.63, 3.8) is 0 Å². The lowest BCUT2D eigenvalue weighted by molar-refractivity contribution is -0.122. The fraction of sp³-hybridized carbons (Fsp3) is 0.400. The molecular formula is C20H24F2N2O2S. The zero-order valence-electron chi connectivity index (χ0n) is 15.6. The monoisotopic (exact) mass is 394 g/mol. The van der Waals surface area contributed by atoms with E-state index in [2.05, 4.69) is 31.4 Å². The number of nitrogens with one attached hydrogen (secondary N) is 2. The van der Waals surface area contributed by atoms with Crippen molar-refractivity contribution in [1.29, 1.82) is 0 Å². The Hall–Kier alpha value is -2.28. The number of hydrogen-bond acceptors (Lipinski definition) is 3. The van der Waals surface area contributed by atoms with Gasteiger partial charge in [0.2, 0.25) is 5.91 Å². The summed E-state index contributed by atoms with van der Waals surface area (Å²) in [5.41, 5.74) is -0.346. The Bertz CT molecular complexity index is 786. The van der Waals surface area contributed by atoms with E-state index >= 15 is 0 Å². The Labute approximate surface area is 162 Å². The van der Waals surface area contributed by atoms with E-state index in [0.717, 1.165) is 17.0 Å². The van der Waals surface area contributed by atoms with E-state index in [4.69, 9.17) is 0 Å². The first-order valence-corrected chi connectivity index (χ1v) is 9.62. The largest absolute Gasteiger partial charge is 0.352 e. The minimum absolute atomic E-state index is 0.0899. The molecular weight excluding hydrogens is 370 g/mol. The van der Waals surface area contributed by atoms with Gasteiger partial charge in [-0.3, -0.25) is 9.59 Å². The van der Waals surface area contributed by atoms with E-state index in [1.54, 1.807) is 11.3 Å². The minimum atomic E-state index is -0.908.